The molecule has 2 heterocycles. The largest absolute Gasteiger partial charge is 0.319 e. The van der Waals surface area contributed by atoms with Crippen LogP contribution >= 0.6 is 22.9 Å². The molecule has 0 fully saturated rings. The van der Waals surface area contributed by atoms with Gasteiger partial charge in [-0.2, -0.15) is 0 Å². The fourth-order valence-electron chi connectivity index (χ4n) is 1.98. The first kappa shape index (κ1) is 15.6. The molecule has 4 nitrogen and oxygen atoms in total. The van der Waals surface area contributed by atoms with Gasteiger partial charge in [0.2, 0.25) is 0 Å². The van der Waals surface area contributed by atoms with E-state index in [0.717, 1.165) is 5.56 Å². The van der Waals surface area contributed by atoms with Gasteiger partial charge < -0.3 is 5.32 Å². The molecule has 3 rings (SSSR count). The quantitative estimate of drug-likeness (QED) is 0.707. The molecule has 3 aromatic rings. The molecule has 0 bridgehead atoms. The van der Waals surface area contributed by atoms with E-state index in [4.69, 9.17) is 11.6 Å². The minimum Gasteiger partial charge on any atom is -0.319 e. The van der Waals surface area contributed by atoms with Crippen molar-refractivity contribution in [3.05, 3.63) is 64.1 Å². The molecule has 0 aliphatic carbocycles. The van der Waals surface area contributed by atoms with Crippen LogP contribution in [0.3, 0.4) is 0 Å². The number of amides is 1. The van der Waals surface area contributed by atoms with Crippen molar-refractivity contribution in [1.82, 2.24) is 9.97 Å². The second-order valence-corrected chi connectivity index (χ2v) is 6.09. The van der Waals surface area contributed by atoms with Gasteiger partial charge in [0.05, 0.1) is 11.4 Å². The summed E-state index contributed by atoms with van der Waals surface area (Å²) in [5.41, 5.74) is 1.81. The Hall–Kier alpha value is -2.31. The number of hydrogen-bond acceptors (Lipinski definition) is 4. The summed E-state index contributed by atoms with van der Waals surface area (Å²) < 4.78 is 13.0. The molecule has 0 atom stereocenters. The van der Waals surface area contributed by atoms with Crippen molar-refractivity contribution >= 4 is 34.5 Å². The van der Waals surface area contributed by atoms with E-state index in [1.165, 1.54) is 23.5 Å². The fraction of sp³-hybridized carbons (Fsp3) is 0.0625. The number of nitrogens with one attached hydrogen (secondary N) is 1. The summed E-state index contributed by atoms with van der Waals surface area (Å²) in [5.74, 6) is -0.616. The zero-order chi connectivity index (χ0) is 16.4. The maximum atomic E-state index is 13.0. The molecule has 0 saturated carbocycles. The molecule has 0 aliphatic heterocycles. The molecule has 1 amide bonds. The zero-order valence-corrected chi connectivity index (χ0v) is 13.6. The number of halogens is 2. The van der Waals surface area contributed by atoms with Gasteiger partial charge in [0.15, 0.2) is 5.15 Å². The lowest BCUT2D eigenvalue weighted by Gasteiger charge is -2.04. The van der Waals surface area contributed by atoms with E-state index in [2.05, 4.69) is 15.3 Å². The highest BCUT2D eigenvalue weighted by Gasteiger charge is 2.17. The first-order chi connectivity index (χ1) is 11.0. The number of rotatable bonds is 3. The second kappa shape index (κ2) is 6.44. The third-order valence-electron chi connectivity index (χ3n) is 3.10. The van der Waals surface area contributed by atoms with Crippen LogP contribution in [0, 0.1) is 12.7 Å². The number of carbonyl (C=O) groups is 1. The van der Waals surface area contributed by atoms with Crippen molar-refractivity contribution in [1.29, 1.82) is 0 Å². The monoisotopic (exact) mass is 347 g/mol. The second-order valence-electron chi connectivity index (χ2n) is 4.74. The number of thiazole rings is 1. The van der Waals surface area contributed by atoms with Crippen molar-refractivity contribution in [2.75, 3.05) is 5.32 Å². The SMILES string of the molecule is Cc1nc(-c2ccc(F)cc2)sc1C(=O)Nc1cccnc1Cl. The summed E-state index contributed by atoms with van der Waals surface area (Å²) in [6, 6.07) is 9.35. The smallest absolute Gasteiger partial charge is 0.267 e. The molecule has 116 valence electrons. The number of hydrogen-bond donors (Lipinski definition) is 1. The van der Waals surface area contributed by atoms with E-state index in [0.29, 0.717) is 21.3 Å². The van der Waals surface area contributed by atoms with Crippen LogP contribution in [0.25, 0.3) is 10.6 Å². The van der Waals surface area contributed by atoms with Gasteiger partial charge in [-0.3, -0.25) is 4.79 Å². The molecule has 0 radical (unpaired) electrons. The fourth-order valence-corrected chi connectivity index (χ4v) is 3.11. The Kier molecular flexibility index (Phi) is 4.36. The van der Waals surface area contributed by atoms with Gasteiger partial charge in [-0.25, -0.2) is 14.4 Å². The van der Waals surface area contributed by atoms with Crippen molar-refractivity contribution in [2.45, 2.75) is 6.92 Å². The zero-order valence-electron chi connectivity index (χ0n) is 12.0. The summed E-state index contributed by atoms with van der Waals surface area (Å²) in [6.45, 7) is 1.75. The average molecular weight is 348 g/mol. The van der Waals surface area contributed by atoms with Crippen molar-refractivity contribution in [3.63, 3.8) is 0 Å². The minimum atomic E-state index is -0.314. The standard InChI is InChI=1S/C16H11ClFN3OS/c1-9-13(15(22)21-12-3-2-8-19-14(12)17)23-16(20-9)10-4-6-11(18)7-5-10/h2-8H,1H3,(H,21,22). The molecular formula is C16H11ClFN3OS. The highest BCUT2D eigenvalue weighted by Crippen LogP contribution is 2.29. The van der Waals surface area contributed by atoms with Gasteiger partial charge in [-0.05, 0) is 43.3 Å². The van der Waals surface area contributed by atoms with Crippen LogP contribution in [-0.4, -0.2) is 15.9 Å². The molecule has 0 saturated heterocycles. The number of carbonyl (C=O) groups excluding carboxylic acids is 1. The van der Waals surface area contributed by atoms with Gasteiger partial charge in [-0.15, -0.1) is 11.3 Å². The molecule has 0 spiro atoms. The Labute approximate surface area is 141 Å². The summed E-state index contributed by atoms with van der Waals surface area (Å²) >= 11 is 7.18. The summed E-state index contributed by atoms with van der Waals surface area (Å²) in [4.78, 5) is 21.2. The van der Waals surface area contributed by atoms with E-state index in [9.17, 15) is 9.18 Å². The maximum absolute atomic E-state index is 13.0. The van der Waals surface area contributed by atoms with Crippen LogP contribution < -0.4 is 5.32 Å². The number of nitrogens with zero attached hydrogens (tertiary/aromatic N) is 2. The first-order valence-electron chi connectivity index (χ1n) is 6.70. The van der Waals surface area contributed by atoms with E-state index in [1.807, 2.05) is 0 Å². The summed E-state index contributed by atoms with van der Waals surface area (Å²) in [7, 11) is 0. The average Bonchev–Trinajstić information content (AvgIpc) is 2.92. The van der Waals surface area contributed by atoms with Gasteiger partial charge in [0.1, 0.15) is 15.7 Å². The third-order valence-corrected chi connectivity index (χ3v) is 4.61. The Morgan fingerprint density at radius 1 is 1.26 bits per heavy atom. The van der Waals surface area contributed by atoms with Crippen molar-refractivity contribution in [2.24, 2.45) is 0 Å². The van der Waals surface area contributed by atoms with E-state index in [-0.39, 0.29) is 16.9 Å². The lowest BCUT2D eigenvalue weighted by atomic mass is 10.2. The van der Waals surface area contributed by atoms with Crippen LogP contribution in [0.15, 0.2) is 42.6 Å². The molecule has 1 N–H and O–H groups in total. The molecule has 23 heavy (non-hydrogen) atoms. The predicted molar refractivity (Wildman–Crippen MR) is 89.4 cm³/mol. The molecule has 1 aromatic carbocycles. The van der Waals surface area contributed by atoms with Crippen LogP contribution in [0.1, 0.15) is 15.4 Å². The number of benzene rings is 1. The Morgan fingerprint density at radius 3 is 2.70 bits per heavy atom. The van der Waals surface area contributed by atoms with Crippen LogP contribution in [0.2, 0.25) is 5.15 Å². The number of pyridine rings is 1. The van der Waals surface area contributed by atoms with Crippen LogP contribution in [-0.2, 0) is 0 Å². The third kappa shape index (κ3) is 3.38. The Balaban J connectivity index is 1.87. The normalized spacial score (nSPS) is 10.6. The highest BCUT2D eigenvalue weighted by atomic mass is 35.5. The number of aromatic nitrogens is 2. The maximum Gasteiger partial charge on any atom is 0.267 e. The van der Waals surface area contributed by atoms with Gasteiger partial charge in [0.25, 0.3) is 5.91 Å². The van der Waals surface area contributed by atoms with Crippen molar-refractivity contribution < 1.29 is 9.18 Å². The Morgan fingerprint density at radius 2 is 2.00 bits per heavy atom. The van der Waals surface area contributed by atoms with Gasteiger partial charge in [-0.1, -0.05) is 11.6 Å². The molecule has 0 unspecified atom stereocenters. The van der Waals surface area contributed by atoms with Crippen molar-refractivity contribution in [3.8, 4) is 10.6 Å². The lowest BCUT2D eigenvalue weighted by Crippen LogP contribution is -2.12. The molecule has 2 aromatic heterocycles. The molecule has 7 heteroatoms. The lowest BCUT2D eigenvalue weighted by molar-refractivity contribution is 0.103. The van der Waals surface area contributed by atoms with E-state index in [1.54, 1.807) is 37.4 Å². The number of aryl methyl sites for hydroxylation is 1. The minimum absolute atomic E-state index is 0.224. The van der Waals surface area contributed by atoms with Crippen LogP contribution in [0.5, 0.6) is 0 Å². The van der Waals surface area contributed by atoms with E-state index >= 15 is 0 Å². The van der Waals surface area contributed by atoms with Crippen LogP contribution in [0.4, 0.5) is 10.1 Å². The van der Waals surface area contributed by atoms with E-state index < -0.39 is 0 Å². The summed E-state index contributed by atoms with van der Waals surface area (Å²) in [6.07, 6.45) is 1.54. The Bertz CT molecular complexity index is 864. The van der Waals surface area contributed by atoms with Gasteiger partial charge >= 0.3 is 0 Å². The topological polar surface area (TPSA) is 54.9 Å². The molecule has 0 aliphatic rings. The number of anilines is 1. The molecular weight excluding hydrogens is 337 g/mol. The summed E-state index contributed by atoms with van der Waals surface area (Å²) in [5, 5.41) is 3.60. The first-order valence-corrected chi connectivity index (χ1v) is 7.89. The predicted octanol–water partition coefficient (Wildman–Crippen LogP) is 4.56. The highest BCUT2D eigenvalue weighted by molar-refractivity contribution is 7.17. The van der Waals surface area contributed by atoms with Gasteiger partial charge in [0, 0.05) is 11.8 Å².